The van der Waals surface area contributed by atoms with Gasteiger partial charge in [-0.3, -0.25) is 9.59 Å². The first kappa shape index (κ1) is 19.2. The van der Waals surface area contributed by atoms with E-state index in [1.807, 2.05) is 0 Å². The average Bonchev–Trinajstić information content (AvgIpc) is 2.21. The predicted octanol–water partition coefficient (Wildman–Crippen LogP) is 3.63. The molecule has 20 heavy (non-hydrogen) atoms. The molecule has 0 radical (unpaired) electrons. The lowest BCUT2D eigenvalue weighted by molar-refractivity contribution is -0.160. The second-order valence-corrected chi connectivity index (χ2v) is 8.40. The van der Waals surface area contributed by atoms with E-state index in [0.29, 0.717) is 0 Å². The first-order valence-corrected chi connectivity index (χ1v) is 7.31. The summed E-state index contributed by atoms with van der Waals surface area (Å²) in [4.78, 5) is 24.1. The maximum absolute atomic E-state index is 12.2. The molecule has 1 unspecified atom stereocenters. The van der Waals surface area contributed by atoms with Crippen LogP contribution in [0.4, 0.5) is 0 Å². The van der Waals surface area contributed by atoms with Crippen molar-refractivity contribution >= 4 is 27.9 Å². The minimum atomic E-state index is -0.947. The standard InChI is InChI=1S/C15H25BrO4/c1-8-9-19-11(17)14(5,6)10-15(7,16)12(18)20-13(2,3)4/h8H,1,9-10H2,2-7H3. The smallest absolute Gasteiger partial charge is 0.323 e. The molecule has 0 saturated carbocycles. The molecule has 0 aliphatic rings. The lowest BCUT2D eigenvalue weighted by Gasteiger charge is -2.32. The molecule has 5 heteroatoms. The van der Waals surface area contributed by atoms with Crippen LogP contribution in [0.1, 0.15) is 48.0 Å². The van der Waals surface area contributed by atoms with Gasteiger partial charge < -0.3 is 9.47 Å². The van der Waals surface area contributed by atoms with E-state index in [0.717, 1.165) is 0 Å². The van der Waals surface area contributed by atoms with Crippen molar-refractivity contribution in [2.24, 2.45) is 5.41 Å². The SMILES string of the molecule is C=CCOC(=O)C(C)(C)CC(C)(Br)C(=O)OC(C)(C)C. The normalized spacial score (nSPS) is 15.2. The number of alkyl halides is 1. The Labute approximate surface area is 130 Å². The number of carbonyl (C=O) groups excluding carboxylic acids is 2. The van der Waals surface area contributed by atoms with Crippen molar-refractivity contribution in [3.8, 4) is 0 Å². The van der Waals surface area contributed by atoms with Crippen molar-refractivity contribution < 1.29 is 19.1 Å². The highest BCUT2D eigenvalue weighted by Crippen LogP contribution is 2.36. The second-order valence-electron chi connectivity index (χ2n) is 6.65. The molecular formula is C15H25BrO4. The van der Waals surface area contributed by atoms with Crippen LogP contribution in [0, 0.1) is 5.41 Å². The van der Waals surface area contributed by atoms with E-state index >= 15 is 0 Å². The van der Waals surface area contributed by atoms with Gasteiger partial charge in [0.25, 0.3) is 0 Å². The van der Waals surface area contributed by atoms with E-state index < -0.39 is 21.3 Å². The number of ether oxygens (including phenoxy) is 2. The van der Waals surface area contributed by atoms with Gasteiger partial charge in [0.1, 0.15) is 16.5 Å². The topological polar surface area (TPSA) is 52.6 Å². The van der Waals surface area contributed by atoms with Gasteiger partial charge >= 0.3 is 11.9 Å². The second kappa shape index (κ2) is 6.74. The molecule has 0 N–H and O–H groups in total. The van der Waals surface area contributed by atoms with E-state index in [2.05, 4.69) is 22.5 Å². The molecule has 0 spiro atoms. The molecule has 0 bridgehead atoms. The molecule has 4 nitrogen and oxygen atoms in total. The average molecular weight is 349 g/mol. The van der Waals surface area contributed by atoms with Gasteiger partial charge in [-0.15, -0.1) is 0 Å². The summed E-state index contributed by atoms with van der Waals surface area (Å²) in [5, 5.41) is 0. The fourth-order valence-electron chi connectivity index (χ4n) is 1.69. The first-order valence-electron chi connectivity index (χ1n) is 6.52. The van der Waals surface area contributed by atoms with Gasteiger partial charge in [-0.05, 0) is 48.0 Å². The zero-order valence-corrected chi connectivity index (χ0v) is 14.8. The van der Waals surface area contributed by atoms with Crippen LogP contribution < -0.4 is 0 Å². The number of halogens is 1. The number of esters is 2. The summed E-state index contributed by atoms with van der Waals surface area (Å²) < 4.78 is 9.46. The fraction of sp³-hybridized carbons (Fsp3) is 0.733. The van der Waals surface area contributed by atoms with Gasteiger partial charge in [0.2, 0.25) is 0 Å². The van der Waals surface area contributed by atoms with Crippen LogP contribution in [0.15, 0.2) is 12.7 Å². The van der Waals surface area contributed by atoms with Crippen molar-refractivity contribution in [2.75, 3.05) is 6.61 Å². The molecule has 0 aliphatic heterocycles. The van der Waals surface area contributed by atoms with Crippen LogP contribution in [-0.2, 0) is 19.1 Å². The Hall–Kier alpha value is -0.840. The summed E-state index contributed by atoms with van der Waals surface area (Å²) in [6, 6.07) is 0. The molecule has 0 aliphatic carbocycles. The maximum atomic E-state index is 12.2. The number of rotatable bonds is 6. The van der Waals surface area contributed by atoms with Gasteiger partial charge in [-0.1, -0.05) is 28.6 Å². The highest BCUT2D eigenvalue weighted by Gasteiger charge is 2.43. The monoisotopic (exact) mass is 348 g/mol. The third-order valence-electron chi connectivity index (χ3n) is 2.48. The minimum absolute atomic E-state index is 0.160. The molecule has 0 rings (SSSR count). The van der Waals surface area contributed by atoms with Crippen LogP contribution in [-0.4, -0.2) is 28.5 Å². The molecule has 1 atom stereocenters. The zero-order valence-electron chi connectivity index (χ0n) is 13.2. The number of hydrogen-bond acceptors (Lipinski definition) is 4. The lowest BCUT2D eigenvalue weighted by atomic mass is 9.83. The molecule has 0 aromatic rings. The van der Waals surface area contributed by atoms with Gasteiger partial charge in [-0.25, -0.2) is 0 Å². The molecule has 0 saturated heterocycles. The van der Waals surface area contributed by atoms with Gasteiger partial charge in [0.15, 0.2) is 0 Å². The summed E-state index contributed by atoms with van der Waals surface area (Å²) >= 11 is 3.37. The van der Waals surface area contributed by atoms with Crippen LogP contribution in [0.3, 0.4) is 0 Å². The summed E-state index contributed by atoms with van der Waals surface area (Å²) in [7, 11) is 0. The first-order chi connectivity index (χ1) is 8.82. The summed E-state index contributed by atoms with van der Waals surface area (Å²) in [6.45, 7) is 14.2. The van der Waals surface area contributed by atoms with Crippen LogP contribution in [0.5, 0.6) is 0 Å². The minimum Gasteiger partial charge on any atom is -0.461 e. The molecule has 0 fully saturated rings. The molecule has 0 heterocycles. The van der Waals surface area contributed by atoms with E-state index in [1.165, 1.54) is 6.08 Å². The molecule has 0 aromatic carbocycles. The summed E-state index contributed by atoms with van der Waals surface area (Å²) in [5.41, 5.74) is -1.38. The van der Waals surface area contributed by atoms with Crippen molar-refractivity contribution in [1.82, 2.24) is 0 Å². The predicted molar refractivity (Wildman–Crippen MR) is 82.7 cm³/mol. The quantitative estimate of drug-likeness (QED) is 0.417. The van der Waals surface area contributed by atoms with E-state index in [4.69, 9.17) is 9.47 Å². The zero-order chi connectivity index (χ0) is 16.2. The summed E-state index contributed by atoms with van der Waals surface area (Å²) in [5.74, 6) is -0.763. The van der Waals surface area contributed by atoms with Crippen molar-refractivity contribution in [1.29, 1.82) is 0 Å². The van der Waals surface area contributed by atoms with Crippen molar-refractivity contribution in [3.05, 3.63) is 12.7 Å². The number of carbonyl (C=O) groups is 2. The van der Waals surface area contributed by atoms with Gasteiger partial charge in [0, 0.05) is 0 Å². The highest BCUT2D eigenvalue weighted by atomic mass is 79.9. The van der Waals surface area contributed by atoms with Crippen molar-refractivity contribution in [2.45, 2.75) is 57.9 Å². The van der Waals surface area contributed by atoms with Crippen LogP contribution >= 0.6 is 15.9 Å². The third-order valence-corrected chi connectivity index (χ3v) is 3.09. The van der Waals surface area contributed by atoms with Crippen LogP contribution in [0.25, 0.3) is 0 Å². The molecule has 116 valence electrons. The Morgan fingerprint density at radius 1 is 1.10 bits per heavy atom. The van der Waals surface area contributed by atoms with Crippen LogP contribution in [0.2, 0.25) is 0 Å². The Bertz CT molecular complexity index is 378. The Morgan fingerprint density at radius 2 is 1.60 bits per heavy atom. The Kier molecular flexibility index (Phi) is 6.46. The van der Waals surface area contributed by atoms with Gasteiger partial charge in [0.05, 0.1) is 5.41 Å². The van der Waals surface area contributed by atoms with E-state index in [1.54, 1.807) is 41.5 Å². The highest BCUT2D eigenvalue weighted by molar-refractivity contribution is 9.10. The van der Waals surface area contributed by atoms with E-state index in [-0.39, 0.29) is 19.0 Å². The Balaban J connectivity index is 4.84. The largest absolute Gasteiger partial charge is 0.461 e. The molecular weight excluding hydrogens is 324 g/mol. The molecule has 0 aromatic heterocycles. The maximum Gasteiger partial charge on any atom is 0.323 e. The summed E-state index contributed by atoms with van der Waals surface area (Å²) in [6.07, 6.45) is 1.78. The third kappa shape index (κ3) is 6.55. The number of hydrogen-bond donors (Lipinski definition) is 0. The molecule has 0 amide bonds. The lowest BCUT2D eigenvalue weighted by Crippen LogP contribution is -2.42. The Morgan fingerprint density at radius 3 is 2.00 bits per heavy atom. The van der Waals surface area contributed by atoms with Crippen molar-refractivity contribution in [3.63, 3.8) is 0 Å². The fourth-order valence-corrected chi connectivity index (χ4v) is 2.47. The van der Waals surface area contributed by atoms with E-state index in [9.17, 15) is 9.59 Å². The van der Waals surface area contributed by atoms with Gasteiger partial charge in [-0.2, -0.15) is 0 Å².